The van der Waals surface area contributed by atoms with Gasteiger partial charge in [0, 0.05) is 6.42 Å². The van der Waals surface area contributed by atoms with Gasteiger partial charge in [0.05, 0.1) is 18.8 Å². The van der Waals surface area contributed by atoms with E-state index in [4.69, 9.17) is 0 Å². The lowest BCUT2D eigenvalue weighted by Gasteiger charge is -2.19. The second kappa shape index (κ2) is 54.1. The molecule has 0 saturated heterocycles. The molecule has 2 unspecified atom stereocenters. The Morgan fingerprint density at radius 1 is 0.391 bits per heavy atom. The van der Waals surface area contributed by atoms with Gasteiger partial charge >= 0.3 is 0 Å². The summed E-state index contributed by atoms with van der Waals surface area (Å²) in [7, 11) is 0. The van der Waals surface area contributed by atoms with Crippen LogP contribution in [-0.4, -0.2) is 34.9 Å². The maximum absolute atomic E-state index is 12.5. The molecule has 64 heavy (non-hydrogen) atoms. The maximum atomic E-state index is 12.5. The molecule has 0 aliphatic carbocycles. The van der Waals surface area contributed by atoms with Crippen LogP contribution in [0.3, 0.4) is 0 Å². The Bertz CT molecular complexity index is 1280. The van der Waals surface area contributed by atoms with Gasteiger partial charge in [-0.3, -0.25) is 4.79 Å². The normalized spacial score (nSPS) is 13.9. The van der Waals surface area contributed by atoms with Crippen molar-refractivity contribution in [1.82, 2.24) is 5.32 Å². The molecule has 1 amide bonds. The fraction of sp³-hybridized carbons (Fsp3) is 0.650. The first-order valence-electron chi connectivity index (χ1n) is 26.7. The lowest BCUT2D eigenvalue weighted by atomic mass is 10.0. The number of hydrogen-bond acceptors (Lipinski definition) is 3. The van der Waals surface area contributed by atoms with Crippen LogP contribution in [0.2, 0.25) is 0 Å². The molecule has 0 fully saturated rings. The van der Waals surface area contributed by atoms with E-state index in [-0.39, 0.29) is 12.5 Å². The smallest absolute Gasteiger partial charge is 0.220 e. The molecule has 0 aliphatic rings. The lowest BCUT2D eigenvalue weighted by Crippen LogP contribution is -2.45. The summed E-state index contributed by atoms with van der Waals surface area (Å²) in [6.07, 6.45) is 83.4. The van der Waals surface area contributed by atoms with Crippen molar-refractivity contribution in [2.24, 2.45) is 0 Å². The summed E-state index contributed by atoms with van der Waals surface area (Å²) >= 11 is 0. The largest absolute Gasteiger partial charge is 0.394 e. The Morgan fingerprint density at radius 2 is 0.703 bits per heavy atom. The molecule has 364 valence electrons. The predicted octanol–water partition coefficient (Wildman–Crippen LogP) is 17.7. The standard InChI is InChI=1S/C60H101NO3/c1-3-5-7-9-11-13-15-17-19-21-23-25-27-28-29-30-31-32-34-36-38-40-42-44-46-48-50-52-54-56-60(64)61-58(57-62)59(63)55-53-51-49-47-45-43-41-39-37-35-33-26-24-22-20-18-16-14-12-10-8-6-4-2/h5,7,11,13,17,19,23,25,28-29,31-32,36-39,45,47,53,55,58-59,62-63H,3-4,6,8-10,12,14-16,18,20-22,24,26-27,30,33-35,40-44,46,48-52,54,56-57H2,1-2H3,(H,61,64)/b7-5-,13-11-,19-17-,25-23-,29-28-,32-31-,38-36-,39-37+,47-45+,55-53+. The van der Waals surface area contributed by atoms with Gasteiger partial charge < -0.3 is 15.5 Å². The Kier molecular flexibility index (Phi) is 51.4. The van der Waals surface area contributed by atoms with Gasteiger partial charge in [-0.1, -0.05) is 245 Å². The van der Waals surface area contributed by atoms with Crippen molar-refractivity contribution in [3.8, 4) is 0 Å². The molecule has 0 heterocycles. The van der Waals surface area contributed by atoms with Crippen molar-refractivity contribution in [3.63, 3.8) is 0 Å². The van der Waals surface area contributed by atoms with E-state index < -0.39 is 12.1 Å². The molecule has 2 atom stereocenters. The van der Waals surface area contributed by atoms with Crippen LogP contribution in [0.15, 0.2) is 122 Å². The third-order valence-corrected chi connectivity index (χ3v) is 11.4. The second-order valence-corrected chi connectivity index (χ2v) is 17.5. The van der Waals surface area contributed by atoms with Crippen LogP contribution in [0.4, 0.5) is 0 Å². The Hall–Kier alpha value is -3.21. The highest BCUT2D eigenvalue weighted by Gasteiger charge is 2.17. The first-order valence-corrected chi connectivity index (χ1v) is 26.7. The Morgan fingerprint density at radius 3 is 1.09 bits per heavy atom. The number of rotatable bonds is 47. The van der Waals surface area contributed by atoms with Crippen LogP contribution < -0.4 is 5.32 Å². The summed E-state index contributed by atoms with van der Waals surface area (Å²) in [5.41, 5.74) is 0. The highest BCUT2D eigenvalue weighted by molar-refractivity contribution is 5.76. The Balaban J connectivity index is 3.68. The summed E-state index contributed by atoms with van der Waals surface area (Å²) in [5.74, 6) is -0.0939. The minimum atomic E-state index is -0.885. The molecule has 0 aromatic heterocycles. The average molecular weight is 884 g/mol. The number of carbonyl (C=O) groups is 1. The molecule has 4 nitrogen and oxygen atoms in total. The van der Waals surface area contributed by atoms with Gasteiger partial charge in [-0.05, 0) is 103 Å². The average Bonchev–Trinajstić information content (AvgIpc) is 3.30. The minimum absolute atomic E-state index is 0.0939. The molecule has 0 saturated carbocycles. The zero-order valence-electron chi connectivity index (χ0n) is 41.8. The van der Waals surface area contributed by atoms with Crippen LogP contribution in [0.25, 0.3) is 0 Å². The first-order chi connectivity index (χ1) is 31.7. The number of aliphatic hydroxyl groups excluding tert-OH is 2. The number of amides is 1. The number of allylic oxidation sites excluding steroid dienone is 19. The van der Waals surface area contributed by atoms with E-state index in [1.807, 2.05) is 6.08 Å². The lowest BCUT2D eigenvalue weighted by molar-refractivity contribution is -0.123. The summed E-state index contributed by atoms with van der Waals surface area (Å²) in [4.78, 5) is 12.5. The van der Waals surface area contributed by atoms with Crippen LogP contribution in [0.5, 0.6) is 0 Å². The molecular weight excluding hydrogens is 783 g/mol. The van der Waals surface area contributed by atoms with Gasteiger partial charge in [0.25, 0.3) is 0 Å². The van der Waals surface area contributed by atoms with Gasteiger partial charge in [-0.25, -0.2) is 0 Å². The molecule has 0 spiro atoms. The molecule has 0 bridgehead atoms. The topological polar surface area (TPSA) is 69.6 Å². The summed E-state index contributed by atoms with van der Waals surface area (Å²) in [6, 6.07) is -0.662. The molecule has 4 heteroatoms. The van der Waals surface area contributed by atoms with E-state index in [2.05, 4.69) is 129 Å². The van der Waals surface area contributed by atoms with Crippen molar-refractivity contribution in [3.05, 3.63) is 122 Å². The van der Waals surface area contributed by atoms with Crippen molar-refractivity contribution >= 4 is 5.91 Å². The van der Waals surface area contributed by atoms with E-state index in [1.165, 1.54) is 116 Å². The van der Waals surface area contributed by atoms with Crippen molar-refractivity contribution in [1.29, 1.82) is 0 Å². The van der Waals surface area contributed by atoms with Crippen molar-refractivity contribution < 1.29 is 15.0 Å². The quantitative estimate of drug-likeness (QED) is 0.0421. The van der Waals surface area contributed by atoms with Crippen LogP contribution in [-0.2, 0) is 4.79 Å². The molecule has 0 aliphatic heterocycles. The van der Waals surface area contributed by atoms with Gasteiger partial charge in [-0.2, -0.15) is 0 Å². The summed E-state index contributed by atoms with van der Waals surface area (Å²) < 4.78 is 0. The molecule has 0 aromatic rings. The van der Waals surface area contributed by atoms with E-state index in [0.29, 0.717) is 6.42 Å². The molecule has 0 radical (unpaired) electrons. The van der Waals surface area contributed by atoms with Crippen LogP contribution in [0.1, 0.15) is 232 Å². The van der Waals surface area contributed by atoms with E-state index >= 15 is 0 Å². The third kappa shape index (κ3) is 49.8. The fourth-order valence-electron chi connectivity index (χ4n) is 7.37. The number of carbonyl (C=O) groups excluding carboxylic acids is 1. The molecule has 0 aromatic carbocycles. The molecule has 0 rings (SSSR count). The molecule has 3 N–H and O–H groups in total. The monoisotopic (exact) mass is 884 g/mol. The number of aliphatic hydroxyl groups is 2. The highest BCUT2D eigenvalue weighted by atomic mass is 16.3. The second-order valence-electron chi connectivity index (χ2n) is 17.5. The Labute approximate surface area is 397 Å². The van der Waals surface area contributed by atoms with Crippen LogP contribution in [0, 0.1) is 0 Å². The minimum Gasteiger partial charge on any atom is -0.394 e. The van der Waals surface area contributed by atoms with Gasteiger partial charge in [0.15, 0.2) is 0 Å². The van der Waals surface area contributed by atoms with E-state index in [0.717, 1.165) is 96.3 Å². The van der Waals surface area contributed by atoms with E-state index in [1.54, 1.807) is 6.08 Å². The van der Waals surface area contributed by atoms with Crippen LogP contribution >= 0.6 is 0 Å². The third-order valence-electron chi connectivity index (χ3n) is 11.4. The van der Waals surface area contributed by atoms with Gasteiger partial charge in [-0.15, -0.1) is 0 Å². The SMILES string of the molecule is CC/C=C\C/C=C\C/C=C\C/C=C\C/C=C\C/C=C\C/C=C\CCCCCCCCCC(=O)NC(CO)C(O)/C=C/CC/C=C/CC/C=C/CCCCCCCCCCCCCCC. The van der Waals surface area contributed by atoms with Gasteiger partial charge in [0.1, 0.15) is 0 Å². The predicted molar refractivity (Wildman–Crippen MR) is 285 cm³/mol. The number of hydrogen-bond donors (Lipinski definition) is 3. The van der Waals surface area contributed by atoms with Gasteiger partial charge in [0.2, 0.25) is 5.91 Å². The highest BCUT2D eigenvalue weighted by Crippen LogP contribution is 2.14. The fourth-order valence-corrected chi connectivity index (χ4v) is 7.37. The first kappa shape index (κ1) is 60.8. The number of nitrogens with one attached hydrogen (secondary N) is 1. The maximum Gasteiger partial charge on any atom is 0.220 e. The molecular formula is C60H101NO3. The zero-order valence-corrected chi connectivity index (χ0v) is 41.8. The number of unbranched alkanes of at least 4 members (excludes halogenated alkanes) is 22. The zero-order chi connectivity index (χ0) is 46.3. The summed E-state index contributed by atoms with van der Waals surface area (Å²) in [5, 5.41) is 23.1. The van der Waals surface area contributed by atoms with Crippen molar-refractivity contribution in [2.45, 2.75) is 244 Å². The summed E-state index contributed by atoms with van der Waals surface area (Å²) in [6.45, 7) is 4.17. The van der Waals surface area contributed by atoms with E-state index in [9.17, 15) is 15.0 Å². The van der Waals surface area contributed by atoms with Crippen molar-refractivity contribution in [2.75, 3.05) is 6.61 Å².